The Labute approximate surface area is 256 Å². The van der Waals surface area contributed by atoms with Gasteiger partial charge < -0.3 is 9.90 Å². The molecule has 0 aromatic rings. The van der Waals surface area contributed by atoms with Crippen LogP contribution in [0.5, 0.6) is 0 Å². The molecule has 1 N–H and O–H groups in total. The van der Waals surface area contributed by atoms with Gasteiger partial charge in [-0.2, -0.15) is 0 Å². The minimum atomic E-state index is -0.167. The second-order valence-electron chi connectivity index (χ2n) is 3.77. The molecule has 0 rings (SSSR count). The van der Waals surface area contributed by atoms with E-state index in [0.717, 1.165) is 12.2 Å². The van der Waals surface area contributed by atoms with Crippen molar-refractivity contribution in [2.24, 2.45) is 5.92 Å². The van der Waals surface area contributed by atoms with Crippen LogP contribution >= 0.6 is 0 Å². The first-order valence-electron chi connectivity index (χ1n) is 13.4. The lowest BCUT2D eigenvalue weighted by atomic mass is 10.3. The Bertz CT molecular complexity index is 78.1. The Morgan fingerprint density at radius 3 is 0.486 bits per heavy atom. The number of aldehydes is 1. The van der Waals surface area contributed by atoms with Crippen molar-refractivity contribution in [1.29, 1.82) is 0 Å². The van der Waals surface area contributed by atoms with Crippen molar-refractivity contribution >= 4 is 39.9 Å². The maximum Gasteiger partial charge on any atom is 0.116 e. The lowest BCUT2D eigenvalue weighted by molar-refractivity contribution is -0.106. The molecule has 0 aromatic carbocycles. The molecule has 37 heavy (non-hydrogen) atoms. The Morgan fingerprint density at radius 1 is 0.486 bits per heavy atom. The molecule has 0 aliphatic rings. The fraction of sp³-hybridized carbons (Fsp3) is 0.968. The van der Waals surface area contributed by atoms with E-state index in [4.69, 9.17) is 9.90 Å². The molecule has 0 spiro atoms. The van der Waals surface area contributed by atoms with E-state index in [-0.39, 0.29) is 62.0 Å². The van der Waals surface area contributed by atoms with Gasteiger partial charge in [-0.25, -0.2) is 0 Å². The van der Waals surface area contributed by atoms with Crippen LogP contribution < -0.4 is 0 Å². The number of hydrogen-bond donors (Lipinski definition) is 1. The molecule has 0 aromatic heterocycles. The van der Waals surface area contributed by atoms with Crippen molar-refractivity contribution in [3.8, 4) is 0 Å². The van der Waals surface area contributed by atoms with Crippen LogP contribution in [0.2, 0.25) is 0 Å². The van der Waals surface area contributed by atoms with E-state index in [9.17, 15) is 0 Å². The summed E-state index contributed by atoms with van der Waals surface area (Å²) in [6.07, 6.45) is 1.83. The molecule has 0 saturated heterocycles. The first-order valence-corrected chi connectivity index (χ1v) is 13.4. The third-order valence-corrected chi connectivity index (χ3v) is 0. The smallest absolute Gasteiger partial charge is 0.116 e. The fourth-order valence-electron chi connectivity index (χ4n) is 0. The molecule has 0 aliphatic heterocycles. The molecule has 0 atom stereocenters. The van der Waals surface area contributed by atoms with Crippen LogP contribution in [-0.2, 0) is 4.79 Å². The summed E-state index contributed by atoms with van der Waals surface area (Å²) >= 11 is 0. The average Bonchev–Trinajstić information content (AvgIpc) is 2.79. The summed E-state index contributed by atoms with van der Waals surface area (Å²) in [5.41, 5.74) is 0. The Hall–Kier alpha value is -0.110. The van der Waals surface area contributed by atoms with Crippen LogP contribution in [0.1, 0.15) is 195 Å². The number of carbonyl (C=O) groups is 1. The number of aliphatic hydroxyl groups excluding tert-OH is 1. The van der Waals surface area contributed by atoms with Gasteiger partial charge in [-0.15, -0.1) is 0 Å². The van der Waals surface area contributed by atoms with Crippen molar-refractivity contribution in [3.05, 3.63) is 0 Å². The largest absolute Gasteiger partial charge is 0.394 e. The number of carbonyl (C=O) groups excluding carboxylic acids is 1. The van der Waals surface area contributed by atoms with E-state index in [2.05, 4.69) is 34.6 Å². The molecule has 0 heterocycles. The average molecular weight is 538 g/mol. The number of rotatable bonds is 0. The first-order chi connectivity index (χ1) is 14.3. The third kappa shape index (κ3) is 3390000. The topological polar surface area (TPSA) is 37.3 Å². The summed E-state index contributed by atoms with van der Waals surface area (Å²) < 4.78 is 0. The maximum atomic E-state index is 8.81. The van der Waals surface area contributed by atoms with E-state index >= 15 is 0 Å². The molecular formula is C31H90B4O2. The SMILES string of the molecule is C.C.C.CC.CC.CC.CC.CC.CC.CC.CC.CC(C)C.CC(C)O.CC=O.CCC.[B].[B].[B].[B]. The summed E-state index contributed by atoms with van der Waals surface area (Å²) in [6.45, 7) is 47.6. The van der Waals surface area contributed by atoms with Crippen LogP contribution in [0.15, 0.2) is 0 Å². The predicted molar refractivity (Wildman–Crippen MR) is 200 cm³/mol. The van der Waals surface area contributed by atoms with Gasteiger partial charge in [0, 0.05) is 39.8 Å². The highest BCUT2D eigenvalue weighted by molar-refractivity contribution is 5.76. The van der Waals surface area contributed by atoms with Crippen molar-refractivity contribution in [2.45, 2.75) is 201 Å². The highest BCUT2D eigenvalue weighted by atomic mass is 16.3. The standard InChI is InChI=1S/C4H10.C3H8O.C3H8.C2H4O.8C2H6.3CH4.4B/c1-4(2)3;1-3(2)4;1-3-2;1-2-3;8*1-2;;;;;;;/h4H,1-3H3;3-4H,1-2H3;3H2,1-2H3;2H,1H3;8*1-2H3;3*1H4;;;;. The third-order valence-electron chi connectivity index (χ3n) is 0. The second kappa shape index (κ2) is 702. The van der Waals surface area contributed by atoms with Gasteiger partial charge in [-0.3, -0.25) is 0 Å². The van der Waals surface area contributed by atoms with Gasteiger partial charge in [-0.05, 0) is 26.7 Å². The molecule has 12 radical (unpaired) electrons. The zero-order valence-electron chi connectivity index (χ0n) is 29.6. The molecule has 238 valence electrons. The lowest BCUT2D eigenvalue weighted by Gasteiger charge is -1.80. The highest BCUT2D eigenvalue weighted by Crippen LogP contribution is 1.81. The van der Waals surface area contributed by atoms with E-state index < -0.39 is 0 Å². The molecule has 0 saturated carbocycles. The second-order valence-corrected chi connectivity index (χ2v) is 3.77. The minimum absolute atomic E-state index is 0. The quantitative estimate of drug-likeness (QED) is 0.246. The highest BCUT2D eigenvalue weighted by Gasteiger charge is 1.69. The lowest BCUT2D eigenvalue weighted by Crippen LogP contribution is -1.85. The molecule has 0 bridgehead atoms. The fourth-order valence-corrected chi connectivity index (χ4v) is 0. The molecule has 0 fully saturated rings. The maximum absolute atomic E-state index is 8.81. The van der Waals surface area contributed by atoms with Crippen molar-refractivity contribution in [3.63, 3.8) is 0 Å². The van der Waals surface area contributed by atoms with Gasteiger partial charge in [0.15, 0.2) is 0 Å². The van der Waals surface area contributed by atoms with Gasteiger partial charge >= 0.3 is 0 Å². The Morgan fingerprint density at radius 2 is 0.486 bits per heavy atom. The zero-order chi connectivity index (χ0) is 28.6. The molecule has 2 nitrogen and oxygen atoms in total. The van der Waals surface area contributed by atoms with Crippen LogP contribution in [0.3, 0.4) is 0 Å². The van der Waals surface area contributed by atoms with E-state index in [0.29, 0.717) is 0 Å². The Kier molecular flexibility index (Phi) is 2820. The Balaban J connectivity index is -0.00000000559. The molecule has 0 amide bonds. The molecule has 6 heteroatoms. The van der Waals surface area contributed by atoms with Crippen molar-refractivity contribution < 1.29 is 9.90 Å². The summed E-state index contributed by atoms with van der Waals surface area (Å²) in [5, 5.41) is 8.06. The first kappa shape index (κ1) is 148. The summed E-state index contributed by atoms with van der Waals surface area (Å²) in [6, 6.07) is 0. The van der Waals surface area contributed by atoms with Gasteiger partial charge in [-0.1, -0.05) is 174 Å². The monoisotopic (exact) mass is 539 g/mol. The van der Waals surface area contributed by atoms with Crippen molar-refractivity contribution in [2.75, 3.05) is 0 Å². The van der Waals surface area contributed by atoms with Crippen LogP contribution in [0.4, 0.5) is 0 Å². The molecule has 0 aliphatic carbocycles. The summed E-state index contributed by atoms with van der Waals surface area (Å²) in [4.78, 5) is 8.81. The van der Waals surface area contributed by atoms with Crippen molar-refractivity contribution in [1.82, 2.24) is 0 Å². The zero-order valence-corrected chi connectivity index (χ0v) is 29.6. The van der Waals surface area contributed by atoms with E-state index in [1.165, 1.54) is 13.3 Å². The number of hydrogen-bond acceptors (Lipinski definition) is 2. The van der Waals surface area contributed by atoms with Crippen LogP contribution in [-0.4, -0.2) is 51.1 Å². The van der Waals surface area contributed by atoms with E-state index in [1.807, 2.05) is 111 Å². The molecule has 0 unspecified atom stereocenters. The summed E-state index contributed by atoms with van der Waals surface area (Å²) in [7, 11) is 0. The van der Waals surface area contributed by atoms with Gasteiger partial charge in [0.2, 0.25) is 0 Å². The van der Waals surface area contributed by atoms with Gasteiger partial charge in [0.1, 0.15) is 6.29 Å². The number of aliphatic hydroxyl groups is 1. The summed E-state index contributed by atoms with van der Waals surface area (Å²) in [5.74, 6) is 0.833. The van der Waals surface area contributed by atoms with Gasteiger partial charge in [0.05, 0.1) is 0 Å². The molecular weight excluding hydrogens is 448 g/mol. The van der Waals surface area contributed by atoms with Crippen LogP contribution in [0, 0.1) is 5.92 Å². The normalized spacial score (nSPS) is 4.08. The minimum Gasteiger partial charge on any atom is -0.394 e. The van der Waals surface area contributed by atoms with Gasteiger partial charge in [0.25, 0.3) is 0 Å². The predicted octanol–water partition coefficient (Wildman–Crippen LogP) is 12.3. The van der Waals surface area contributed by atoms with E-state index in [1.54, 1.807) is 13.8 Å². The van der Waals surface area contributed by atoms with Crippen LogP contribution in [0.25, 0.3) is 0 Å².